The van der Waals surface area contributed by atoms with Gasteiger partial charge in [-0.15, -0.1) is 11.3 Å². The minimum Gasteiger partial charge on any atom is -0.393 e. The Bertz CT molecular complexity index is 414. The van der Waals surface area contributed by atoms with E-state index in [1.807, 2.05) is 19.9 Å². The van der Waals surface area contributed by atoms with Crippen molar-refractivity contribution in [2.75, 3.05) is 6.54 Å². The van der Waals surface area contributed by atoms with E-state index in [9.17, 15) is 9.90 Å². The normalized spacial score (nSPS) is 23.9. The Balaban J connectivity index is 1.91. The van der Waals surface area contributed by atoms with E-state index in [0.29, 0.717) is 6.54 Å². The van der Waals surface area contributed by atoms with Gasteiger partial charge in [0.25, 0.3) is 5.91 Å². The van der Waals surface area contributed by atoms with E-state index in [1.165, 1.54) is 0 Å². The third kappa shape index (κ3) is 2.87. The van der Waals surface area contributed by atoms with Crippen LogP contribution in [0.3, 0.4) is 0 Å². The van der Waals surface area contributed by atoms with E-state index in [4.69, 9.17) is 0 Å². The third-order valence-corrected chi connectivity index (χ3v) is 4.40. The van der Waals surface area contributed by atoms with Gasteiger partial charge in [0, 0.05) is 22.2 Å². The number of carbonyl (C=O) groups excluding carboxylic acids is 1. The molecule has 2 unspecified atom stereocenters. The van der Waals surface area contributed by atoms with Gasteiger partial charge < -0.3 is 10.4 Å². The minimum absolute atomic E-state index is 0.00838. The number of aliphatic hydroxyl groups is 1. The van der Waals surface area contributed by atoms with E-state index in [-0.39, 0.29) is 17.9 Å². The van der Waals surface area contributed by atoms with Crippen LogP contribution in [0.4, 0.5) is 0 Å². The van der Waals surface area contributed by atoms with Crippen LogP contribution in [0.1, 0.15) is 39.4 Å². The van der Waals surface area contributed by atoms with Crippen LogP contribution >= 0.6 is 11.3 Å². The molecule has 2 rings (SSSR count). The van der Waals surface area contributed by atoms with Gasteiger partial charge in [0.2, 0.25) is 0 Å². The lowest BCUT2D eigenvalue weighted by molar-refractivity contribution is 0.0916. The molecule has 1 fully saturated rings. The number of carbonyl (C=O) groups is 1. The molecule has 0 aromatic carbocycles. The monoisotopic (exact) mass is 253 g/mol. The molecule has 1 aromatic rings. The maximum absolute atomic E-state index is 12.0. The van der Waals surface area contributed by atoms with Gasteiger partial charge in [0.15, 0.2) is 0 Å². The molecule has 1 saturated carbocycles. The number of hydrogen-bond acceptors (Lipinski definition) is 3. The molecule has 1 amide bonds. The van der Waals surface area contributed by atoms with Crippen LogP contribution < -0.4 is 5.32 Å². The largest absolute Gasteiger partial charge is 0.393 e. The summed E-state index contributed by atoms with van der Waals surface area (Å²) in [7, 11) is 0. The Morgan fingerprint density at radius 1 is 1.53 bits per heavy atom. The van der Waals surface area contributed by atoms with Gasteiger partial charge in [-0.05, 0) is 32.8 Å². The molecule has 2 atom stereocenters. The van der Waals surface area contributed by atoms with Crippen molar-refractivity contribution in [3.63, 3.8) is 0 Å². The molecule has 0 aliphatic heterocycles. The second kappa shape index (κ2) is 5.19. The number of nitrogens with one attached hydrogen (secondary N) is 1. The summed E-state index contributed by atoms with van der Waals surface area (Å²) in [6, 6.07) is 1.93. The van der Waals surface area contributed by atoms with Gasteiger partial charge in [-0.2, -0.15) is 0 Å². The van der Waals surface area contributed by atoms with Crippen molar-refractivity contribution in [1.82, 2.24) is 5.32 Å². The average Bonchev–Trinajstić information content (AvgIpc) is 2.81. The summed E-state index contributed by atoms with van der Waals surface area (Å²) in [6.45, 7) is 4.57. The molecule has 0 spiro atoms. The Kier molecular flexibility index (Phi) is 3.84. The summed E-state index contributed by atoms with van der Waals surface area (Å²) in [5, 5.41) is 12.6. The third-order valence-electron chi connectivity index (χ3n) is 3.43. The maximum Gasteiger partial charge on any atom is 0.252 e. The van der Waals surface area contributed by atoms with Crippen LogP contribution in [0.25, 0.3) is 0 Å². The molecule has 4 heteroatoms. The summed E-state index contributed by atoms with van der Waals surface area (Å²) >= 11 is 1.65. The van der Waals surface area contributed by atoms with Crippen molar-refractivity contribution in [2.45, 2.75) is 39.2 Å². The van der Waals surface area contributed by atoms with E-state index in [0.717, 1.165) is 34.6 Å². The number of aryl methyl sites for hydroxylation is 2. The van der Waals surface area contributed by atoms with Gasteiger partial charge in [0.05, 0.1) is 11.7 Å². The predicted molar refractivity (Wildman–Crippen MR) is 69.5 cm³/mol. The number of thiophene rings is 1. The number of aliphatic hydroxyl groups excluding tert-OH is 1. The van der Waals surface area contributed by atoms with E-state index < -0.39 is 0 Å². The highest BCUT2D eigenvalue weighted by atomic mass is 32.1. The molecule has 1 heterocycles. The lowest BCUT2D eigenvalue weighted by Gasteiger charge is -2.14. The van der Waals surface area contributed by atoms with E-state index in [1.54, 1.807) is 11.3 Å². The summed E-state index contributed by atoms with van der Waals surface area (Å²) in [6.07, 6.45) is 2.72. The fourth-order valence-corrected chi connectivity index (χ4v) is 3.35. The molecule has 3 nitrogen and oxygen atoms in total. The van der Waals surface area contributed by atoms with Gasteiger partial charge in [-0.25, -0.2) is 0 Å². The molecule has 94 valence electrons. The van der Waals surface area contributed by atoms with Crippen LogP contribution in [-0.2, 0) is 0 Å². The molecule has 1 aromatic heterocycles. The molecule has 1 aliphatic rings. The molecule has 2 N–H and O–H groups in total. The minimum atomic E-state index is -0.236. The second-order valence-electron chi connectivity index (χ2n) is 4.80. The van der Waals surface area contributed by atoms with Crippen molar-refractivity contribution in [3.05, 3.63) is 21.4 Å². The molecule has 1 aliphatic carbocycles. The highest BCUT2D eigenvalue weighted by Gasteiger charge is 2.25. The molecular weight excluding hydrogens is 234 g/mol. The average molecular weight is 253 g/mol. The van der Waals surface area contributed by atoms with E-state index >= 15 is 0 Å². The van der Waals surface area contributed by atoms with Crippen molar-refractivity contribution >= 4 is 17.2 Å². The van der Waals surface area contributed by atoms with Gasteiger partial charge in [0.1, 0.15) is 0 Å². The molecular formula is C13H19NO2S. The maximum atomic E-state index is 12.0. The van der Waals surface area contributed by atoms with Crippen molar-refractivity contribution in [2.24, 2.45) is 5.92 Å². The summed E-state index contributed by atoms with van der Waals surface area (Å²) in [4.78, 5) is 14.2. The highest BCUT2D eigenvalue weighted by molar-refractivity contribution is 7.12. The van der Waals surface area contributed by atoms with Gasteiger partial charge in [-0.1, -0.05) is 6.42 Å². The first-order valence-electron chi connectivity index (χ1n) is 6.11. The zero-order valence-corrected chi connectivity index (χ0v) is 11.1. The quantitative estimate of drug-likeness (QED) is 0.868. The standard InChI is InChI=1S/C13H19NO2S/c1-8-6-11(9(2)17-8)13(16)14-7-10-4-3-5-12(10)15/h6,10,12,15H,3-5,7H2,1-2H3,(H,14,16). The smallest absolute Gasteiger partial charge is 0.252 e. The Labute approximate surface area is 106 Å². The number of rotatable bonds is 3. The summed E-state index contributed by atoms with van der Waals surface area (Å²) in [5.74, 6) is 0.227. The molecule has 0 bridgehead atoms. The van der Waals surface area contributed by atoms with E-state index in [2.05, 4.69) is 5.32 Å². The molecule has 17 heavy (non-hydrogen) atoms. The highest BCUT2D eigenvalue weighted by Crippen LogP contribution is 2.25. The van der Waals surface area contributed by atoms with Crippen LogP contribution in [-0.4, -0.2) is 23.7 Å². The predicted octanol–water partition coefficient (Wildman–Crippen LogP) is 2.26. The Hall–Kier alpha value is -0.870. The summed E-state index contributed by atoms with van der Waals surface area (Å²) in [5.41, 5.74) is 0.778. The Morgan fingerprint density at radius 3 is 2.82 bits per heavy atom. The zero-order valence-electron chi connectivity index (χ0n) is 10.3. The SMILES string of the molecule is Cc1cc(C(=O)NCC2CCCC2O)c(C)s1. The van der Waals surface area contributed by atoms with Gasteiger partial charge in [-0.3, -0.25) is 4.79 Å². The number of amides is 1. The Morgan fingerprint density at radius 2 is 2.29 bits per heavy atom. The van der Waals surface area contributed by atoms with Crippen molar-refractivity contribution in [3.8, 4) is 0 Å². The van der Waals surface area contributed by atoms with Gasteiger partial charge >= 0.3 is 0 Å². The lowest BCUT2D eigenvalue weighted by atomic mass is 10.1. The van der Waals surface area contributed by atoms with Crippen molar-refractivity contribution < 1.29 is 9.90 Å². The first kappa shape index (κ1) is 12.6. The fraction of sp³-hybridized carbons (Fsp3) is 0.615. The van der Waals surface area contributed by atoms with Crippen LogP contribution in [0.15, 0.2) is 6.07 Å². The fourth-order valence-electron chi connectivity index (χ4n) is 2.43. The molecule has 0 radical (unpaired) electrons. The topological polar surface area (TPSA) is 49.3 Å². The van der Waals surface area contributed by atoms with Crippen LogP contribution in [0.5, 0.6) is 0 Å². The molecule has 0 saturated heterocycles. The first-order chi connectivity index (χ1) is 8.08. The summed E-state index contributed by atoms with van der Waals surface area (Å²) < 4.78 is 0. The first-order valence-corrected chi connectivity index (χ1v) is 6.93. The lowest BCUT2D eigenvalue weighted by Crippen LogP contribution is -2.32. The van der Waals surface area contributed by atoms with Crippen LogP contribution in [0, 0.1) is 19.8 Å². The zero-order chi connectivity index (χ0) is 12.4. The van der Waals surface area contributed by atoms with Crippen molar-refractivity contribution in [1.29, 1.82) is 0 Å². The second-order valence-corrected chi connectivity index (χ2v) is 6.26. The van der Waals surface area contributed by atoms with Crippen LogP contribution in [0.2, 0.25) is 0 Å². The number of hydrogen-bond donors (Lipinski definition) is 2.